The van der Waals surface area contributed by atoms with Crippen LogP contribution in [0.4, 0.5) is 0 Å². The molecule has 2 heterocycles. The third kappa shape index (κ3) is 3.72. The zero-order chi connectivity index (χ0) is 16.1. The van der Waals surface area contributed by atoms with Gasteiger partial charge < -0.3 is 9.47 Å². The molecule has 0 N–H and O–H groups in total. The number of benzene rings is 1. The highest BCUT2D eigenvalue weighted by Gasteiger charge is 2.02. The number of hydrogen-bond donors (Lipinski definition) is 0. The highest BCUT2D eigenvalue weighted by molar-refractivity contribution is 6.08. The molecule has 23 heavy (non-hydrogen) atoms. The summed E-state index contributed by atoms with van der Waals surface area (Å²) in [6.07, 6.45) is 3.93. The van der Waals surface area contributed by atoms with Crippen molar-refractivity contribution < 1.29 is 9.47 Å². The van der Waals surface area contributed by atoms with E-state index in [4.69, 9.17) is 17.3 Å². The molecule has 0 aliphatic rings. The minimum atomic E-state index is 0.413. The summed E-state index contributed by atoms with van der Waals surface area (Å²) < 4.78 is 12.5. The summed E-state index contributed by atoms with van der Waals surface area (Å²) >= 11 is 0. The van der Waals surface area contributed by atoms with Crippen LogP contribution in [0.1, 0.15) is 11.3 Å². The standard InChI is InChI=1S/C17H16BN3O2/c1-22-15-4-2-13(3-5-15)12-23-16-6-7-17(19-11-16)21-9-8-14(10-18)20-21/h2-9,11H,10,12H2,1H3. The zero-order valence-corrected chi connectivity index (χ0v) is 12.8. The third-order valence-electron chi connectivity index (χ3n) is 3.37. The van der Waals surface area contributed by atoms with Crippen LogP contribution >= 0.6 is 0 Å². The van der Waals surface area contributed by atoms with Crippen molar-refractivity contribution in [2.75, 3.05) is 7.11 Å². The second-order valence-corrected chi connectivity index (χ2v) is 4.94. The van der Waals surface area contributed by atoms with Gasteiger partial charge in [-0.05, 0) is 42.2 Å². The van der Waals surface area contributed by atoms with Gasteiger partial charge in [0, 0.05) is 6.20 Å². The van der Waals surface area contributed by atoms with E-state index in [2.05, 4.69) is 10.1 Å². The van der Waals surface area contributed by atoms with Crippen LogP contribution in [0.5, 0.6) is 11.5 Å². The molecule has 3 aromatic rings. The van der Waals surface area contributed by atoms with Crippen LogP contribution in [0.15, 0.2) is 54.9 Å². The molecule has 0 bridgehead atoms. The number of ether oxygens (including phenoxy) is 2. The molecule has 0 aliphatic heterocycles. The van der Waals surface area contributed by atoms with Crippen molar-refractivity contribution in [3.8, 4) is 17.3 Å². The molecule has 114 valence electrons. The first-order chi connectivity index (χ1) is 11.3. The first-order valence-electron chi connectivity index (χ1n) is 7.25. The fraction of sp³-hybridized carbons (Fsp3) is 0.176. The molecule has 0 spiro atoms. The summed E-state index contributed by atoms with van der Waals surface area (Å²) in [6.45, 7) is 0.476. The molecule has 3 rings (SSSR count). The molecular formula is C17H16BN3O2. The zero-order valence-electron chi connectivity index (χ0n) is 12.8. The van der Waals surface area contributed by atoms with Gasteiger partial charge in [-0.25, -0.2) is 9.67 Å². The summed E-state index contributed by atoms with van der Waals surface area (Å²) in [5.74, 6) is 2.26. The molecule has 1 aromatic carbocycles. The molecule has 5 nitrogen and oxygen atoms in total. The average Bonchev–Trinajstić information content (AvgIpc) is 3.10. The lowest BCUT2D eigenvalue weighted by Crippen LogP contribution is -2.00. The van der Waals surface area contributed by atoms with Crippen molar-refractivity contribution in [3.63, 3.8) is 0 Å². The van der Waals surface area contributed by atoms with Gasteiger partial charge in [0.05, 0.1) is 26.8 Å². The Morgan fingerprint density at radius 3 is 2.43 bits per heavy atom. The Balaban J connectivity index is 1.62. The molecule has 2 radical (unpaired) electrons. The van der Waals surface area contributed by atoms with E-state index in [1.165, 1.54) is 0 Å². The van der Waals surface area contributed by atoms with Gasteiger partial charge in [-0.2, -0.15) is 5.10 Å². The van der Waals surface area contributed by atoms with Crippen LogP contribution in [-0.2, 0) is 12.9 Å². The number of methoxy groups -OCH3 is 1. The first kappa shape index (κ1) is 15.2. The summed E-state index contributed by atoms with van der Waals surface area (Å²) in [7, 11) is 7.20. The van der Waals surface area contributed by atoms with Gasteiger partial charge in [0.25, 0.3) is 0 Å². The van der Waals surface area contributed by atoms with E-state index in [1.807, 2.05) is 48.7 Å². The fourth-order valence-electron chi connectivity index (χ4n) is 2.08. The van der Waals surface area contributed by atoms with E-state index in [-0.39, 0.29) is 0 Å². The molecule has 0 amide bonds. The second-order valence-electron chi connectivity index (χ2n) is 4.94. The summed E-state index contributed by atoms with van der Waals surface area (Å²) in [4.78, 5) is 4.35. The second kappa shape index (κ2) is 7.00. The summed E-state index contributed by atoms with van der Waals surface area (Å²) in [6, 6.07) is 13.4. The van der Waals surface area contributed by atoms with Crippen LogP contribution in [0.2, 0.25) is 0 Å². The Bertz CT molecular complexity index is 754. The maximum atomic E-state index is 5.73. The molecule has 0 saturated carbocycles. The van der Waals surface area contributed by atoms with Crippen molar-refractivity contribution in [2.45, 2.75) is 12.9 Å². The summed E-state index contributed by atoms with van der Waals surface area (Å²) in [5.41, 5.74) is 1.89. The lowest BCUT2D eigenvalue weighted by atomic mass is 10.0. The number of hydrogen-bond acceptors (Lipinski definition) is 4. The topological polar surface area (TPSA) is 49.2 Å². The van der Waals surface area contributed by atoms with Gasteiger partial charge in [0.15, 0.2) is 5.82 Å². The van der Waals surface area contributed by atoms with Gasteiger partial charge in [-0.15, -0.1) is 0 Å². The van der Waals surface area contributed by atoms with E-state index in [0.717, 1.165) is 22.8 Å². The predicted octanol–water partition coefficient (Wildman–Crippen LogP) is 2.52. The Kier molecular flexibility index (Phi) is 4.61. The molecule has 0 saturated heterocycles. The van der Waals surface area contributed by atoms with E-state index in [0.29, 0.717) is 18.7 Å². The molecular weight excluding hydrogens is 289 g/mol. The minimum Gasteiger partial charge on any atom is -0.497 e. The number of rotatable bonds is 6. The van der Waals surface area contributed by atoms with Gasteiger partial charge in [0.2, 0.25) is 0 Å². The van der Waals surface area contributed by atoms with Crippen LogP contribution in [0.3, 0.4) is 0 Å². The predicted molar refractivity (Wildman–Crippen MR) is 88.1 cm³/mol. The first-order valence-corrected chi connectivity index (χ1v) is 7.25. The van der Waals surface area contributed by atoms with E-state index in [1.54, 1.807) is 18.0 Å². The maximum Gasteiger partial charge on any atom is 0.153 e. The average molecular weight is 305 g/mol. The molecule has 2 aromatic heterocycles. The maximum absolute atomic E-state index is 5.73. The minimum absolute atomic E-state index is 0.413. The van der Waals surface area contributed by atoms with Crippen molar-refractivity contribution in [1.82, 2.24) is 14.8 Å². The third-order valence-corrected chi connectivity index (χ3v) is 3.37. The van der Waals surface area contributed by atoms with E-state index < -0.39 is 0 Å². The van der Waals surface area contributed by atoms with Crippen LogP contribution < -0.4 is 9.47 Å². The Morgan fingerprint density at radius 1 is 1.04 bits per heavy atom. The molecule has 6 heteroatoms. The Morgan fingerprint density at radius 2 is 1.83 bits per heavy atom. The quantitative estimate of drug-likeness (QED) is 0.657. The molecule has 0 atom stereocenters. The van der Waals surface area contributed by atoms with Crippen LogP contribution in [-0.4, -0.2) is 29.7 Å². The van der Waals surface area contributed by atoms with Gasteiger partial charge in [-0.1, -0.05) is 12.1 Å². The van der Waals surface area contributed by atoms with Crippen LogP contribution in [0, 0.1) is 0 Å². The molecule has 0 fully saturated rings. The SMILES string of the molecule is [B]Cc1ccn(-c2ccc(OCc3ccc(OC)cc3)cn2)n1. The van der Waals surface area contributed by atoms with E-state index >= 15 is 0 Å². The monoisotopic (exact) mass is 305 g/mol. The Labute approximate surface area is 136 Å². The number of nitrogens with zero attached hydrogens (tertiary/aromatic N) is 3. The number of pyridine rings is 1. The highest BCUT2D eigenvalue weighted by atomic mass is 16.5. The fourth-order valence-corrected chi connectivity index (χ4v) is 2.08. The van der Waals surface area contributed by atoms with Crippen molar-refractivity contribution in [1.29, 1.82) is 0 Å². The van der Waals surface area contributed by atoms with Gasteiger partial charge in [0.1, 0.15) is 18.1 Å². The van der Waals surface area contributed by atoms with Crippen molar-refractivity contribution >= 4 is 7.85 Å². The van der Waals surface area contributed by atoms with E-state index in [9.17, 15) is 0 Å². The van der Waals surface area contributed by atoms with Crippen molar-refractivity contribution in [2.24, 2.45) is 0 Å². The smallest absolute Gasteiger partial charge is 0.153 e. The molecule has 0 unspecified atom stereocenters. The lowest BCUT2D eigenvalue weighted by molar-refractivity contribution is 0.304. The van der Waals surface area contributed by atoms with Gasteiger partial charge >= 0.3 is 0 Å². The normalized spacial score (nSPS) is 10.5. The number of aromatic nitrogens is 3. The van der Waals surface area contributed by atoms with Crippen LogP contribution in [0.25, 0.3) is 5.82 Å². The van der Waals surface area contributed by atoms with Gasteiger partial charge in [-0.3, -0.25) is 0 Å². The largest absolute Gasteiger partial charge is 0.497 e. The lowest BCUT2D eigenvalue weighted by Gasteiger charge is -2.07. The Hall–Kier alpha value is -2.76. The molecule has 0 aliphatic carbocycles. The summed E-state index contributed by atoms with van der Waals surface area (Å²) in [5, 5.41) is 4.32. The van der Waals surface area contributed by atoms with Crippen molar-refractivity contribution in [3.05, 3.63) is 66.1 Å². The highest BCUT2D eigenvalue weighted by Crippen LogP contribution is 2.16.